The molecule has 0 aliphatic heterocycles. The lowest BCUT2D eigenvalue weighted by Crippen LogP contribution is -2.34. The SMILES string of the molecule is CC(CO)NC(=O)c1ccc2c(C(C)C)cc(-c3ccc(C(F)(F)F)cc3)nc2c1. The maximum absolute atomic E-state index is 12.9. The number of carbonyl (C=O) groups excluding carboxylic acids is 1. The highest BCUT2D eigenvalue weighted by atomic mass is 19.4. The van der Waals surface area contributed by atoms with Gasteiger partial charge in [0.15, 0.2) is 0 Å². The van der Waals surface area contributed by atoms with E-state index in [1.807, 2.05) is 26.0 Å². The molecular formula is C23H23F3N2O2. The van der Waals surface area contributed by atoms with E-state index in [2.05, 4.69) is 10.3 Å². The molecule has 1 atom stereocenters. The average Bonchev–Trinajstić information content (AvgIpc) is 2.71. The molecule has 3 aromatic rings. The molecule has 0 aliphatic carbocycles. The third kappa shape index (κ3) is 4.62. The predicted octanol–water partition coefficient (Wildman–Crippen LogP) is 5.15. The van der Waals surface area contributed by atoms with Crippen molar-refractivity contribution in [2.24, 2.45) is 0 Å². The van der Waals surface area contributed by atoms with Crippen LogP contribution in [0, 0.1) is 0 Å². The summed E-state index contributed by atoms with van der Waals surface area (Å²) in [6.07, 6.45) is -4.40. The number of aromatic nitrogens is 1. The Morgan fingerprint density at radius 1 is 1.07 bits per heavy atom. The van der Waals surface area contributed by atoms with Crippen molar-refractivity contribution in [3.8, 4) is 11.3 Å². The number of alkyl halides is 3. The van der Waals surface area contributed by atoms with Crippen molar-refractivity contribution < 1.29 is 23.1 Å². The number of aliphatic hydroxyl groups excluding tert-OH is 1. The summed E-state index contributed by atoms with van der Waals surface area (Å²) in [5, 5.41) is 12.7. The van der Waals surface area contributed by atoms with Gasteiger partial charge in [-0.1, -0.05) is 32.0 Å². The standard InChI is InChI=1S/C23H23F3N2O2/c1-13(2)19-11-20(15-4-7-17(8-5-15)23(24,25)26)28-21-10-16(6-9-18(19)21)22(30)27-14(3)12-29/h4-11,13-14,29H,12H2,1-3H3,(H,27,30). The second-order valence-electron chi connectivity index (χ2n) is 7.62. The quantitative estimate of drug-likeness (QED) is 0.604. The van der Waals surface area contributed by atoms with Crippen molar-refractivity contribution >= 4 is 16.8 Å². The molecule has 0 fully saturated rings. The van der Waals surface area contributed by atoms with Gasteiger partial charge in [-0.05, 0) is 48.7 Å². The summed E-state index contributed by atoms with van der Waals surface area (Å²) in [6.45, 7) is 5.56. The number of pyridine rings is 1. The molecule has 158 valence electrons. The van der Waals surface area contributed by atoms with Crippen LogP contribution in [-0.2, 0) is 6.18 Å². The molecule has 0 saturated heterocycles. The van der Waals surface area contributed by atoms with Gasteiger partial charge in [0.2, 0.25) is 0 Å². The normalized spacial score (nSPS) is 12.9. The Morgan fingerprint density at radius 3 is 2.30 bits per heavy atom. The van der Waals surface area contributed by atoms with Crippen LogP contribution in [0.15, 0.2) is 48.5 Å². The fraction of sp³-hybridized carbons (Fsp3) is 0.304. The summed E-state index contributed by atoms with van der Waals surface area (Å²) in [4.78, 5) is 17.0. The van der Waals surface area contributed by atoms with Gasteiger partial charge in [0.1, 0.15) is 0 Å². The van der Waals surface area contributed by atoms with Crippen LogP contribution >= 0.6 is 0 Å². The first-order valence-electron chi connectivity index (χ1n) is 9.64. The Kier molecular flexibility index (Phi) is 6.12. The molecule has 1 amide bonds. The van der Waals surface area contributed by atoms with Crippen LogP contribution in [0.2, 0.25) is 0 Å². The number of nitrogens with zero attached hydrogens (tertiary/aromatic N) is 1. The molecule has 1 heterocycles. The minimum absolute atomic E-state index is 0.151. The topological polar surface area (TPSA) is 62.2 Å². The van der Waals surface area contributed by atoms with Crippen LogP contribution < -0.4 is 5.32 Å². The van der Waals surface area contributed by atoms with Crippen LogP contribution in [-0.4, -0.2) is 28.6 Å². The second-order valence-corrected chi connectivity index (χ2v) is 7.62. The zero-order valence-corrected chi connectivity index (χ0v) is 16.9. The highest BCUT2D eigenvalue weighted by Gasteiger charge is 2.30. The largest absolute Gasteiger partial charge is 0.416 e. The average molecular weight is 416 g/mol. The van der Waals surface area contributed by atoms with Gasteiger partial charge in [-0.25, -0.2) is 4.98 Å². The Hall–Kier alpha value is -2.93. The predicted molar refractivity (Wildman–Crippen MR) is 110 cm³/mol. The molecular weight excluding hydrogens is 393 g/mol. The van der Waals surface area contributed by atoms with E-state index >= 15 is 0 Å². The molecule has 3 rings (SSSR count). The molecule has 2 N–H and O–H groups in total. The zero-order valence-electron chi connectivity index (χ0n) is 16.9. The Labute approximate surface area is 172 Å². The van der Waals surface area contributed by atoms with Gasteiger partial charge in [-0.15, -0.1) is 0 Å². The fourth-order valence-corrected chi connectivity index (χ4v) is 3.20. The third-order valence-corrected chi connectivity index (χ3v) is 4.89. The van der Waals surface area contributed by atoms with Crippen LogP contribution in [0.25, 0.3) is 22.2 Å². The van der Waals surface area contributed by atoms with E-state index in [1.54, 1.807) is 19.1 Å². The molecule has 4 nitrogen and oxygen atoms in total. The monoisotopic (exact) mass is 416 g/mol. The third-order valence-electron chi connectivity index (χ3n) is 4.89. The summed E-state index contributed by atoms with van der Waals surface area (Å²) >= 11 is 0. The summed E-state index contributed by atoms with van der Waals surface area (Å²) < 4.78 is 38.6. The molecule has 0 radical (unpaired) electrons. The number of nitrogens with one attached hydrogen (secondary N) is 1. The van der Waals surface area contributed by atoms with Gasteiger partial charge in [0, 0.05) is 22.6 Å². The van der Waals surface area contributed by atoms with Crippen molar-refractivity contribution in [3.05, 3.63) is 65.2 Å². The minimum atomic E-state index is -4.40. The lowest BCUT2D eigenvalue weighted by Gasteiger charge is -2.15. The van der Waals surface area contributed by atoms with E-state index in [0.717, 1.165) is 23.1 Å². The van der Waals surface area contributed by atoms with E-state index in [0.29, 0.717) is 22.3 Å². The van der Waals surface area contributed by atoms with Gasteiger partial charge >= 0.3 is 6.18 Å². The lowest BCUT2D eigenvalue weighted by atomic mass is 9.95. The number of hydrogen-bond donors (Lipinski definition) is 2. The maximum atomic E-state index is 12.9. The van der Waals surface area contributed by atoms with Crippen LogP contribution in [0.5, 0.6) is 0 Å². The fourth-order valence-electron chi connectivity index (χ4n) is 3.20. The van der Waals surface area contributed by atoms with Crippen molar-refractivity contribution in [2.45, 2.75) is 38.9 Å². The minimum Gasteiger partial charge on any atom is -0.394 e. The molecule has 1 unspecified atom stereocenters. The van der Waals surface area contributed by atoms with Crippen LogP contribution in [0.1, 0.15) is 48.2 Å². The molecule has 0 saturated carbocycles. The molecule has 30 heavy (non-hydrogen) atoms. The number of carbonyl (C=O) groups is 1. The van der Waals surface area contributed by atoms with Crippen molar-refractivity contribution in [1.82, 2.24) is 10.3 Å². The zero-order chi connectivity index (χ0) is 22.1. The summed E-state index contributed by atoms with van der Waals surface area (Å²) in [5.74, 6) is -0.177. The van der Waals surface area contributed by atoms with E-state index < -0.39 is 11.7 Å². The lowest BCUT2D eigenvalue weighted by molar-refractivity contribution is -0.137. The number of fused-ring (bicyclic) bond motifs is 1. The van der Waals surface area contributed by atoms with Gasteiger partial charge in [-0.3, -0.25) is 4.79 Å². The van der Waals surface area contributed by atoms with E-state index in [-0.39, 0.29) is 24.5 Å². The Bertz CT molecular complexity index is 1060. The number of hydrogen-bond acceptors (Lipinski definition) is 3. The Morgan fingerprint density at radius 2 is 1.73 bits per heavy atom. The first-order chi connectivity index (χ1) is 14.1. The van der Waals surface area contributed by atoms with Gasteiger partial charge in [-0.2, -0.15) is 13.2 Å². The van der Waals surface area contributed by atoms with Crippen LogP contribution in [0.4, 0.5) is 13.2 Å². The van der Waals surface area contributed by atoms with E-state index in [9.17, 15) is 18.0 Å². The molecule has 2 aromatic carbocycles. The molecule has 0 bridgehead atoms. The second kappa shape index (κ2) is 8.44. The molecule has 0 spiro atoms. The van der Waals surface area contributed by atoms with Crippen LogP contribution in [0.3, 0.4) is 0 Å². The first-order valence-corrected chi connectivity index (χ1v) is 9.64. The Balaban J connectivity index is 2.08. The smallest absolute Gasteiger partial charge is 0.394 e. The number of halogens is 3. The highest BCUT2D eigenvalue weighted by Crippen LogP contribution is 2.33. The molecule has 7 heteroatoms. The van der Waals surface area contributed by atoms with Crippen molar-refractivity contribution in [3.63, 3.8) is 0 Å². The van der Waals surface area contributed by atoms with Gasteiger partial charge in [0.25, 0.3) is 5.91 Å². The van der Waals surface area contributed by atoms with Gasteiger partial charge < -0.3 is 10.4 Å². The van der Waals surface area contributed by atoms with Crippen molar-refractivity contribution in [2.75, 3.05) is 6.61 Å². The highest BCUT2D eigenvalue weighted by molar-refractivity contribution is 5.99. The number of aliphatic hydroxyl groups is 1. The number of benzene rings is 2. The van der Waals surface area contributed by atoms with Crippen molar-refractivity contribution in [1.29, 1.82) is 0 Å². The van der Waals surface area contributed by atoms with Gasteiger partial charge in [0.05, 0.1) is 23.4 Å². The summed E-state index contributed by atoms with van der Waals surface area (Å²) in [6, 6.07) is 11.6. The summed E-state index contributed by atoms with van der Waals surface area (Å²) in [7, 11) is 0. The first kappa shape index (κ1) is 21.8. The number of rotatable bonds is 5. The molecule has 0 aliphatic rings. The van der Waals surface area contributed by atoms with E-state index in [1.165, 1.54) is 12.1 Å². The number of amides is 1. The van der Waals surface area contributed by atoms with E-state index in [4.69, 9.17) is 5.11 Å². The summed E-state index contributed by atoms with van der Waals surface area (Å²) in [5.41, 5.74) is 2.37. The maximum Gasteiger partial charge on any atom is 0.416 e. The molecule has 1 aromatic heterocycles.